The average molecular weight is 720 g/mol. The van der Waals surface area contributed by atoms with Gasteiger partial charge in [0.1, 0.15) is 23.0 Å². The molecule has 1 atom stereocenters. The molecule has 1 saturated carbocycles. The Labute approximate surface area is 310 Å². The van der Waals surface area contributed by atoms with E-state index in [9.17, 15) is 14.4 Å². The molecule has 4 aromatic rings. The number of fused-ring (bicyclic) bond motifs is 1. The molecule has 3 saturated heterocycles. The number of nitrogens with zero attached hydrogens (tertiary/aromatic N) is 9. The SMILES string of the molecule is CN(C)C(=O)c1cc2cnc(Nc3ccc(N4CCN(CC5CCN(c6ccc(C7CCC(=O)NC7=O)cn6)CC5)CC4)cn3)nc2n1C1CCCC1. The van der Waals surface area contributed by atoms with Crippen LogP contribution in [0.15, 0.2) is 48.9 Å². The van der Waals surface area contributed by atoms with Gasteiger partial charge >= 0.3 is 0 Å². The second kappa shape index (κ2) is 15.1. The Morgan fingerprint density at radius 2 is 1.66 bits per heavy atom. The molecule has 1 aliphatic carbocycles. The van der Waals surface area contributed by atoms with E-state index in [0.29, 0.717) is 36.2 Å². The summed E-state index contributed by atoms with van der Waals surface area (Å²) < 4.78 is 2.13. The highest BCUT2D eigenvalue weighted by atomic mass is 16.2. The number of imide groups is 1. The van der Waals surface area contributed by atoms with E-state index in [-0.39, 0.29) is 29.7 Å². The molecule has 53 heavy (non-hydrogen) atoms. The third-order valence-electron chi connectivity index (χ3n) is 11.5. The predicted molar refractivity (Wildman–Crippen MR) is 204 cm³/mol. The van der Waals surface area contributed by atoms with Crippen LogP contribution in [0.2, 0.25) is 0 Å². The molecule has 14 heteroatoms. The summed E-state index contributed by atoms with van der Waals surface area (Å²) in [5.41, 5.74) is 3.44. The Hall–Kier alpha value is -5.11. The third-order valence-corrected chi connectivity index (χ3v) is 11.5. The van der Waals surface area contributed by atoms with Crippen molar-refractivity contribution in [3.05, 3.63) is 60.2 Å². The van der Waals surface area contributed by atoms with Crippen LogP contribution >= 0.6 is 0 Å². The summed E-state index contributed by atoms with van der Waals surface area (Å²) in [6.45, 7) is 7.04. The highest BCUT2D eigenvalue weighted by Gasteiger charge is 2.30. The molecule has 3 aliphatic heterocycles. The zero-order valence-electron chi connectivity index (χ0n) is 30.7. The summed E-state index contributed by atoms with van der Waals surface area (Å²) in [6.07, 6.45) is 13.1. The lowest BCUT2D eigenvalue weighted by atomic mass is 9.91. The Morgan fingerprint density at radius 3 is 2.34 bits per heavy atom. The van der Waals surface area contributed by atoms with Crippen LogP contribution in [0, 0.1) is 5.92 Å². The summed E-state index contributed by atoms with van der Waals surface area (Å²) in [5.74, 6) is 2.04. The Morgan fingerprint density at radius 1 is 0.868 bits per heavy atom. The van der Waals surface area contributed by atoms with Crippen molar-refractivity contribution in [1.82, 2.24) is 39.6 Å². The van der Waals surface area contributed by atoms with Crippen molar-refractivity contribution in [2.75, 3.05) is 75.0 Å². The quantitative estimate of drug-likeness (QED) is 0.239. The molecule has 2 N–H and O–H groups in total. The van der Waals surface area contributed by atoms with Crippen molar-refractivity contribution in [2.45, 2.75) is 63.3 Å². The molecule has 4 fully saturated rings. The summed E-state index contributed by atoms with van der Waals surface area (Å²) in [4.78, 5) is 64.6. The number of aromatic nitrogens is 5. The highest BCUT2D eigenvalue weighted by Crippen LogP contribution is 2.35. The topological polar surface area (TPSA) is 145 Å². The molecular weight excluding hydrogens is 671 g/mol. The van der Waals surface area contributed by atoms with Crippen LogP contribution in [0.4, 0.5) is 23.3 Å². The van der Waals surface area contributed by atoms with Gasteiger partial charge in [0.2, 0.25) is 17.8 Å². The van der Waals surface area contributed by atoms with Gasteiger partial charge in [-0.15, -0.1) is 0 Å². The second-order valence-corrected chi connectivity index (χ2v) is 15.2. The second-order valence-electron chi connectivity index (χ2n) is 15.2. The lowest BCUT2D eigenvalue weighted by molar-refractivity contribution is -0.134. The zero-order valence-corrected chi connectivity index (χ0v) is 30.7. The maximum absolute atomic E-state index is 13.1. The van der Waals surface area contributed by atoms with Crippen LogP contribution in [-0.2, 0) is 9.59 Å². The van der Waals surface area contributed by atoms with Gasteiger partial charge in [-0.05, 0) is 67.9 Å². The Bertz CT molecular complexity index is 1940. The largest absolute Gasteiger partial charge is 0.368 e. The van der Waals surface area contributed by atoms with Gasteiger partial charge in [0, 0.05) is 90.2 Å². The first-order valence-electron chi connectivity index (χ1n) is 19.1. The number of hydrogen-bond donors (Lipinski definition) is 2. The first-order valence-corrected chi connectivity index (χ1v) is 19.1. The zero-order chi connectivity index (χ0) is 36.5. The van der Waals surface area contributed by atoms with Gasteiger partial charge in [0.05, 0.1) is 17.8 Å². The van der Waals surface area contributed by atoms with E-state index in [2.05, 4.69) is 41.0 Å². The van der Waals surface area contributed by atoms with Crippen molar-refractivity contribution in [3.63, 3.8) is 0 Å². The molecule has 0 radical (unpaired) electrons. The van der Waals surface area contributed by atoms with Crippen LogP contribution in [0.25, 0.3) is 11.0 Å². The fourth-order valence-electron chi connectivity index (χ4n) is 8.46. The minimum Gasteiger partial charge on any atom is -0.368 e. The first-order chi connectivity index (χ1) is 25.8. The first kappa shape index (κ1) is 34.9. The number of piperidine rings is 2. The molecule has 0 aromatic carbocycles. The van der Waals surface area contributed by atoms with Gasteiger partial charge in [-0.25, -0.2) is 15.0 Å². The van der Waals surface area contributed by atoms with Crippen LogP contribution < -0.4 is 20.4 Å². The number of rotatable bonds is 9. The fraction of sp³-hybridized carbons (Fsp3) is 0.513. The summed E-state index contributed by atoms with van der Waals surface area (Å²) in [5, 5.41) is 6.60. The molecule has 14 nitrogen and oxygen atoms in total. The smallest absolute Gasteiger partial charge is 0.270 e. The molecular formula is C39H49N11O3. The maximum Gasteiger partial charge on any atom is 0.270 e. The van der Waals surface area contributed by atoms with E-state index in [0.717, 1.165) is 112 Å². The minimum absolute atomic E-state index is 0.0184. The van der Waals surface area contributed by atoms with Crippen molar-refractivity contribution < 1.29 is 14.4 Å². The van der Waals surface area contributed by atoms with E-state index >= 15 is 0 Å². The molecule has 7 heterocycles. The van der Waals surface area contributed by atoms with Crippen molar-refractivity contribution in [1.29, 1.82) is 0 Å². The van der Waals surface area contributed by atoms with E-state index < -0.39 is 0 Å². The molecule has 8 rings (SSSR count). The maximum atomic E-state index is 13.1. The fourth-order valence-corrected chi connectivity index (χ4v) is 8.46. The van der Waals surface area contributed by atoms with Crippen LogP contribution in [0.1, 0.15) is 79.4 Å². The lowest BCUT2D eigenvalue weighted by Gasteiger charge is -2.39. The summed E-state index contributed by atoms with van der Waals surface area (Å²) >= 11 is 0. The Balaban J connectivity index is 0.815. The minimum atomic E-state index is -0.299. The molecule has 3 amide bonds. The van der Waals surface area contributed by atoms with Gasteiger partial charge in [0.25, 0.3) is 5.91 Å². The number of piperazine rings is 1. The molecule has 4 aliphatic rings. The third kappa shape index (κ3) is 7.55. The number of carbonyl (C=O) groups is 3. The van der Waals surface area contributed by atoms with Crippen LogP contribution in [-0.4, -0.2) is 112 Å². The molecule has 0 spiro atoms. The number of pyridine rings is 2. The van der Waals surface area contributed by atoms with Gasteiger partial charge in [-0.2, -0.15) is 4.98 Å². The predicted octanol–water partition coefficient (Wildman–Crippen LogP) is 4.34. The van der Waals surface area contributed by atoms with Gasteiger partial charge in [-0.1, -0.05) is 18.9 Å². The molecule has 4 aromatic heterocycles. The number of anilines is 4. The van der Waals surface area contributed by atoms with Gasteiger partial charge in [-0.3, -0.25) is 24.6 Å². The molecule has 0 bridgehead atoms. The highest BCUT2D eigenvalue weighted by molar-refractivity contribution is 6.01. The van der Waals surface area contributed by atoms with E-state index in [1.807, 2.05) is 30.5 Å². The van der Waals surface area contributed by atoms with Crippen LogP contribution in [0.3, 0.4) is 0 Å². The van der Waals surface area contributed by atoms with E-state index in [1.165, 1.54) is 0 Å². The van der Waals surface area contributed by atoms with Gasteiger partial charge < -0.3 is 24.6 Å². The number of amides is 3. The molecule has 1 unspecified atom stereocenters. The van der Waals surface area contributed by atoms with Crippen LogP contribution in [0.5, 0.6) is 0 Å². The standard InChI is InChI=1S/C39H49N11O3/c1-46(2)38(53)32-21-28-23-42-39(45-36(28)50(32)29-5-3-4-6-29)43-33-10-8-30(24-40-33)48-19-17-47(18-20-48)25-26-13-15-49(16-14-26)34-11-7-27(22-41-34)31-9-12-35(51)44-37(31)52/h7-8,10-11,21-24,26,29,31H,3-6,9,12-20,25H2,1-2H3,(H,44,51,52)(H,40,42,43,45). The summed E-state index contributed by atoms with van der Waals surface area (Å²) in [6, 6.07) is 10.3. The average Bonchev–Trinajstić information content (AvgIpc) is 3.84. The van der Waals surface area contributed by atoms with Crippen molar-refractivity contribution >= 4 is 52.0 Å². The summed E-state index contributed by atoms with van der Waals surface area (Å²) in [7, 11) is 3.57. The van der Waals surface area contributed by atoms with Crippen molar-refractivity contribution in [3.8, 4) is 0 Å². The number of hydrogen-bond acceptors (Lipinski definition) is 11. The molecule has 278 valence electrons. The van der Waals surface area contributed by atoms with E-state index in [1.54, 1.807) is 31.4 Å². The number of carbonyl (C=O) groups excluding carboxylic acids is 3. The van der Waals surface area contributed by atoms with E-state index in [4.69, 9.17) is 15.0 Å². The lowest BCUT2D eigenvalue weighted by Crippen LogP contribution is -2.49. The van der Waals surface area contributed by atoms with Gasteiger partial charge in [0.15, 0.2) is 0 Å². The van der Waals surface area contributed by atoms with Crippen molar-refractivity contribution in [2.24, 2.45) is 5.92 Å². The number of nitrogens with one attached hydrogen (secondary N) is 2. The monoisotopic (exact) mass is 719 g/mol. The Kier molecular flexibility index (Phi) is 9.95. The normalized spacial score (nSPS) is 20.6.